The number of hydrogen-bond acceptors (Lipinski definition) is 3. The van der Waals surface area contributed by atoms with Crippen LogP contribution in [0.1, 0.15) is 25.0 Å². The fourth-order valence-corrected chi connectivity index (χ4v) is 3.82. The maximum Gasteiger partial charge on any atom is 0.216 e. The Kier molecular flexibility index (Phi) is 6.66. The third-order valence-electron chi connectivity index (χ3n) is 3.81. The summed E-state index contributed by atoms with van der Waals surface area (Å²) in [5.74, 6) is -0.0783. The standard InChI is InChI=1S/C18H23ClN2O2S/c1-3-21(4-2)18-10-8-15(9-11-18)13-20-24(22,23)14-16-6-5-7-17(19)12-16/h5-12,20H,3-4,13-14H2,1-2H3. The van der Waals surface area contributed by atoms with Gasteiger partial charge in [-0.25, -0.2) is 13.1 Å². The zero-order valence-corrected chi connectivity index (χ0v) is 15.6. The van der Waals surface area contributed by atoms with Crippen LogP contribution in [0.4, 0.5) is 5.69 Å². The van der Waals surface area contributed by atoms with Gasteiger partial charge in [-0.1, -0.05) is 35.9 Å². The summed E-state index contributed by atoms with van der Waals surface area (Å²) in [5, 5.41) is 0.537. The molecule has 2 rings (SSSR count). The van der Waals surface area contributed by atoms with Crippen molar-refractivity contribution in [1.82, 2.24) is 4.72 Å². The van der Waals surface area contributed by atoms with Crippen molar-refractivity contribution in [2.45, 2.75) is 26.1 Å². The van der Waals surface area contributed by atoms with Gasteiger partial charge in [-0.2, -0.15) is 0 Å². The molecule has 0 aliphatic heterocycles. The first-order valence-corrected chi connectivity index (χ1v) is 10.0. The number of rotatable bonds is 8. The summed E-state index contributed by atoms with van der Waals surface area (Å²) < 4.78 is 27.0. The van der Waals surface area contributed by atoms with Gasteiger partial charge in [-0.05, 0) is 49.2 Å². The number of hydrogen-bond donors (Lipinski definition) is 1. The summed E-state index contributed by atoms with van der Waals surface area (Å²) in [6, 6.07) is 14.8. The summed E-state index contributed by atoms with van der Waals surface area (Å²) in [5.41, 5.74) is 2.75. The molecule has 130 valence electrons. The number of anilines is 1. The molecular formula is C18H23ClN2O2S. The second kappa shape index (κ2) is 8.51. The van der Waals surface area contributed by atoms with Crippen molar-refractivity contribution in [2.24, 2.45) is 0 Å². The fraction of sp³-hybridized carbons (Fsp3) is 0.333. The Balaban J connectivity index is 1.96. The normalized spacial score (nSPS) is 11.5. The van der Waals surface area contributed by atoms with Crippen LogP contribution in [-0.2, 0) is 22.3 Å². The van der Waals surface area contributed by atoms with Crippen molar-refractivity contribution in [3.63, 3.8) is 0 Å². The maximum absolute atomic E-state index is 12.2. The number of halogens is 1. The summed E-state index contributed by atoms with van der Waals surface area (Å²) >= 11 is 5.89. The van der Waals surface area contributed by atoms with Gasteiger partial charge in [-0.15, -0.1) is 0 Å². The van der Waals surface area contributed by atoms with E-state index in [-0.39, 0.29) is 12.3 Å². The van der Waals surface area contributed by atoms with Gasteiger partial charge in [0.25, 0.3) is 0 Å². The Bertz CT molecular complexity index is 757. The highest BCUT2D eigenvalue weighted by atomic mass is 35.5. The van der Waals surface area contributed by atoms with E-state index in [9.17, 15) is 8.42 Å². The highest BCUT2D eigenvalue weighted by molar-refractivity contribution is 7.88. The third-order valence-corrected chi connectivity index (χ3v) is 5.34. The molecule has 0 spiro atoms. The average molecular weight is 367 g/mol. The van der Waals surface area contributed by atoms with E-state index in [1.165, 1.54) is 0 Å². The van der Waals surface area contributed by atoms with Gasteiger partial charge in [-0.3, -0.25) is 0 Å². The van der Waals surface area contributed by atoms with Gasteiger partial charge in [0, 0.05) is 30.3 Å². The minimum absolute atomic E-state index is 0.0783. The van der Waals surface area contributed by atoms with Crippen LogP contribution >= 0.6 is 11.6 Å². The van der Waals surface area contributed by atoms with Crippen LogP contribution in [0.5, 0.6) is 0 Å². The van der Waals surface area contributed by atoms with E-state index in [0.717, 1.165) is 24.3 Å². The van der Waals surface area contributed by atoms with Gasteiger partial charge in [0.15, 0.2) is 0 Å². The third kappa shape index (κ3) is 5.51. The van der Waals surface area contributed by atoms with Gasteiger partial charge in [0.1, 0.15) is 0 Å². The summed E-state index contributed by atoms with van der Waals surface area (Å²) in [7, 11) is -3.40. The minimum Gasteiger partial charge on any atom is -0.372 e. The van der Waals surface area contributed by atoms with E-state index < -0.39 is 10.0 Å². The molecule has 0 amide bonds. The maximum atomic E-state index is 12.2. The van der Waals surface area contributed by atoms with Crippen LogP contribution in [0.25, 0.3) is 0 Å². The second-order valence-electron chi connectivity index (χ2n) is 5.55. The molecule has 2 aromatic carbocycles. The van der Waals surface area contributed by atoms with Crippen molar-refractivity contribution >= 4 is 27.3 Å². The highest BCUT2D eigenvalue weighted by Crippen LogP contribution is 2.16. The lowest BCUT2D eigenvalue weighted by atomic mass is 10.2. The molecule has 1 N–H and O–H groups in total. The summed E-state index contributed by atoms with van der Waals surface area (Å²) in [6.07, 6.45) is 0. The lowest BCUT2D eigenvalue weighted by Gasteiger charge is -2.21. The molecule has 4 nitrogen and oxygen atoms in total. The first kappa shape index (κ1) is 18.8. The van der Waals surface area contributed by atoms with E-state index in [0.29, 0.717) is 10.6 Å². The summed E-state index contributed by atoms with van der Waals surface area (Å²) in [6.45, 7) is 6.40. The summed E-state index contributed by atoms with van der Waals surface area (Å²) in [4.78, 5) is 2.24. The molecule has 0 saturated carbocycles. The molecule has 0 radical (unpaired) electrons. The molecule has 2 aromatic rings. The molecule has 0 aliphatic rings. The first-order chi connectivity index (χ1) is 11.4. The monoisotopic (exact) mass is 366 g/mol. The molecule has 6 heteroatoms. The quantitative estimate of drug-likeness (QED) is 0.772. The molecule has 0 unspecified atom stereocenters. The Morgan fingerprint density at radius 3 is 2.25 bits per heavy atom. The van der Waals surface area contributed by atoms with E-state index in [2.05, 4.69) is 23.5 Å². The van der Waals surface area contributed by atoms with E-state index in [1.807, 2.05) is 24.3 Å². The Morgan fingerprint density at radius 1 is 1.00 bits per heavy atom. The molecule has 0 saturated heterocycles. The van der Waals surface area contributed by atoms with Crippen molar-refractivity contribution in [3.8, 4) is 0 Å². The molecule has 0 fully saturated rings. The lowest BCUT2D eigenvalue weighted by molar-refractivity contribution is 0.580. The predicted octanol–water partition coefficient (Wildman–Crippen LogP) is 3.81. The smallest absolute Gasteiger partial charge is 0.216 e. The van der Waals surface area contributed by atoms with Gasteiger partial charge in [0.2, 0.25) is 10.0 Å². The zero-order chi connectivity index (χ0) is 17.6. The second-order valence-corrected chi connectivity index (χ2v) is 7.79. The van der Waals surface area contributed by atoms with Gasteiger partial charge in [0.05, 0.1) is 5.75 Å². The van der Waals surface area contributed by atoms with Crippen molar-refractivity contribution in [2.75, 3.05) is 18.0 Å². The van der Waals surface area contributed by atoms with Crippen LogP contribution in [0.2, 0.25) is 5.02 Å². The number of benzene rings is 2. The highest BCUT2D eigenvalue weighted by Gasteiger charge is 2.12. The molecule has 0 aliphatic carbocycles. The SMILES string of the molecule is CCN(CC)c1ccc(CNS(=O)(=O)Cc2cccc(Cl)c2)cc1. The van der Waals surface area contributed by atoms with Crippen LogP contribution in [-0.4, -0.2) is 21.5 Å². The first-order valence-electron chi connectivity index (χ1n) is 7.99. The number of nitrogens with one attached hydrogen (secondary N) is 1. The molecule has 24 heavy (non-hydrogen) atoms. The molecular weight excluding hydrogens is 344 g/mol. The number of nitrogens with zero attached hydrogens (tertiary/aromatic N) is 1. The van der Waals surface area contributed by atoms with Crippen molar-refractivity contribution < 1.29 is 8.42 Å². The van der Waals surface area contributed by atoms with E-state index >= 15 is 0 Å². The Morgan fingerprint density at radius 2 is 1.67 bits per heavy atom. The molecule has 0 atom stereocenters. The predicted molar refractivity (Wildman–Crippen MR) is 101 cm³/mol. The van der Waals surface area contributed by atoms with E-state index in [4.69, 9.17) is 11.6 Å². The minimum atomic E-state index is -3.40. The van der Waals surface area contributed by atoms with Crippen molar-refractivity contribution in [1.29, 1.82) is 0 Å². The van der Waals surface area contributed by atoms with Gasteiger partial charge < -0.3 is 4.90 Å². The molecule has 0 aromatic heterocycles. The van der Waals surface area contributed by atoms with Crippen LogP contribution in [0, 0.1) is 0 Å². The topological polar surface area (TPSA) is 49.4 Å². The van der Waals surface area contributed by atoms with Crippen molar-refractivity contribution in [3.05, 3.63) is 64.7 Å². The largest absolute Gasteiger partial charge is 0.372 e. The molecule has 0 bridgehead atoms. The van der Waals surface area contributed by atoms with Crippen LogP contribution in [0.15, 0.2) is 48.5 Å². The van der Waals surface area contributed by atoms with Crippen LogP contribution in [0.3, 0.4) is 0 Å². The molecule has 0 heterocycles. The average Bonchev–Trinajstić information content (AvgIpc) is 2.55. The zero-order valence-electron chi connectivity index (χ0n) is 14.0. The van der Waals surface area contributed by atoms with E-state index in [1.54, 1.807) is 24.3 Å². The fourth-order valence-electron chi connectivity index (χ4n) is 2.50. The lowest BCUT2D eigenvalue weighted by Crippen LogP contribution is -2.25. The van der Waals surface area contributed by atoms with Crippen LogP contribution < -0.4 is 9.62 Å². The number of sulfonamides is 1. The Labute approximate surface area is 149 Å². The van der Waals surface area contributed by atoms with Gasteiger partial charge >= 0.3 is 0 Å². The Hall–Kier alpha value is -1.56.